The number of carbonyl (C=O) groups excluding carboxylic acids is 1. The van der Waals surface area contributed by atoms with Crippen LogP contribution in [0, 0.1) is 12.7 Å². The number of ketones is 1. The Bertz CT molecular complexity index is 802. The molecule has 2 aromatic rings. The van der Waals surface area contributed by atoms with E-state index in [0.29, 0.717) is 11.1 Å². The molecule has 0 saturated heterocycles. The van der Waals surface area contributed by atoms with Gasteiger partial charge >= 0.3 is 0 Å². The molecule has 0 saturated carbocycles. The highest BCUT2D eigenvalue weighted by atomic mass is 32.2. The van der Waals surface area contributed by atoms with Gasteiger partial charge in [0.2, 0.25) is 0 Å². The maximum atomic E-state index is 13.8. The minimum atomic E-state index is -4.02. The van der Waals surface area contributed by atoms with E-state index in [2.05, 4.69) is 17.4 Å². The summed E-state index contributed by atoms with van der Waals surface area (Å²) in [5.74, 6) is -0.906. The van der Waals surface area contributed by atoms with E-state index in [4.69, 9.17) is 0 Å². The average molecular weight is 339 g/mol. The van der Waals surface area contributed by atoms with Crippen LogP contribution in [0.15, 0.2) is 47.4 Å². The van der Waals surface area contributed by atoms with Crippen LogP contribution in [0.4, 0.5) is 10.1 Å². The Hall–Kier alpha value is -1.86. The van der Waals surface area contributed by atoms with Crippen molar-refractivity contribution in [3.05, 3.63) is 59.4 Å². The fourth-order valence-electron chi connectivity index (χ4n) is 1.85. The van der Waals surface area contributed by atoms with Gasteiger partial charge in [-0.3, -0.25) is 9.52 Å². The number of hydrogen-bond acceptors (Lipinski definition) is 4. The first-order valence-electron chi connectivity index (χ1n) is 6.36. The molecule has 0 aliphatic rings. The van der Waals surface area contributed by atoms with Crippen molar-refractivity contribution >= 4 is 34.1 Å². The highest BCUT2D eigenvalue weighted by Crippen LogP contribution is 2.20. The number of benzene rings is 2. The number of halogens is 1. The SMILES string of the molecule is Cc1ccc(S(=O)(=O)Nc2ccc(C(=O)CS)cc2)c(F)c1. The Kier molecular flexibility index (Phi) is 4.87. The first-order chi connectivity index (χ1) is 10.3. The molecule has 0 aromatic heterocycles. The van der Waals surface area contributed by atoms with E-state index >= 15 is 0 Å². The van der Waals surface area contributed by atoms with Gasteiger partial charge in [-0.25, -0.2) is 12.8 Å². The van der Waals surface area contributed by atoms with Crippen molar-refractivity contribution in [3.63, 3.8) is 0 Å². The van der Waals surface area contributed by atoms with Crippen molar-refractivity contribution in [1.82, 2.24) is 0 Å². The Morgan fingerprint density at radius 3 is 2.36 bits per heavy atom. The first-order valence-corrected chi connectivity index (χ1v) is 8.48. The van der Waals surface area contributed by atoms with Gasteiger partial charge in [-0.1, -0.05) is 6.07 Å². The van der Waals surface area contributed by atoms with Crippen LogP contribution in [-0.2, 0) is 10.0 Å². The molecule has 0 radical (unpaired) electrons. The molecule has 7 heteroatoms. The Morgan fingerprint density at radius 2 is 1.82 bits per heavy atom. The fraction of sp³-hybridized carbons (Fsp3) is 0.133. The monoisotopic (exact) mass is 339 g/mol. The lowest BCUT2D eigenvalue weighted by Gasteiger charge is -2.09. The second-order valence-corrected chi connectivity index (χ2v) is 6.67. The predicted octanol–water partition coefficient (Wildman–Crippen LogP) is 3.05. The summed E-state index contributed by atoms with van der Waals surface area (Å²) in [6.45, 7) is 1.67. The number of rotatable bonds is 5. The zero-order chi connectivity index (χ0) is 16.3. The highest BCUT2D eigenvalue weighted by molar-refractivity contribution is 7.92. The van der Waals surface area contributed by atoms with E-state index in [0.717, 1.165) is 6.07 Å². The summed E-state index contributed by atoms with van der Waals surface area (Å²) in [5, 5.41) is 0. The summed E-state index contributed by atoms with van der Waals surface area (Å²) < 4.78 is 40.4. The van der Waals surface area contributed by atoms with Crippen LogP contribution in [0.5, 0.6) is 0 Å². The van der Waals surface area contributed by atoms with E-state index in [1.54, 1.807) is 6.92 Å². The molecule has 0 unspecified atom stereocenters. The molecule has 0 bridgehead atoms. The van der Waals surface area contributed by atoms with E-state index in [9.17, 15) is 17.6 Å². The summed E-state index contributed by atoms with van der Waals surface area (Å²) in [7, 11) is -4.02. The second kappa shape index (κ2) is 6.50. The molecule has 4 nitrogen and oxygen atoms in total. The number of sulfonamides is 1. The van der Waals surface area contributed by atoms with Crippen LogP contribution in [0.1, 0.15) is 15.9 Å². The molecule has 2 aromatic carbocycles. The molecule has 0 fully saturated rings. The van der Waals surface area contributed by atoms with E-state index in [-0.39, 0.29) is 17.2 Å². The number of Topliss-reactive ketones (excluding diaryl/α,β-unsaturated/α-hetero) is 1. The minimum Gasteiger partial charge on any atom is -0.293 e. The number of anilines is 1. The van der Waals surface area contributed by atoms with Crippen molar-refractivity contribution < 1.29 is 17.6 Å². The molecule has 116 valence electrons. The summed E-state index contributed by atoms with van der Waals surface area (Å²) in [6, 6.07) is 9.76. The number of aryl methyl sites for hydroxylation is 1. The lowest BCUT2D eigenvalue weighted by Crippen LogP contribution is -2.14. The minimum absolute atomic E-state index is 0.0691. The molecule has 0 aliphatic heterocycles. The molecule has 0 spiro atoms. The van der Waals surface area contributed by atoms with Crippen LogP contribution < -0.4 is 4.72 Å². The topological polar surface area (TPSA) is 63.2 Å². The van der Waals surface area contributed by atoms with Crippen LogP contribution >= 0.6 is 12.6 Å². The molecule has 0 atom stereocenters. The number of nitrogens with one attached hydrogen (secondary N) is 1. The van der Waals surface area contributed by atoms with Gasteiger partial charge in [0.15, 0.2) is 5.78 Å². The zero-order valence-electron chi connectivity index (χ0n) is 11.7. The molecular formula is C15H14FNO3S2. The average Bonchev–Trinajstić information content (AvgIpc) is 2.46. The van der Waals surface area contributed by atoms with Crippen molar-refractivity contribution in [2.75, 3.05) is 10.5 Å². The summed E-state index contributed by atoms with van der Waals surface area (Å²) in [6.07, 6.45) is 0. The van der Waals surface area contributed by atoms with Crippen molar-refractivity contribution in [3.8, 4) is 0 Å². The van der Waals surface area contributed by atoms with Gasteiger partial charge in [0, 0.05) is 11.3 Å². The van der Waals surface area contributed by atoms with Crippen LogP contribution in [-0.4, -0.2) is 20.0 Å². The molecular weight excluding hydrogens is 325 g/mol. The van der Waals surface area contributed by atoms with Gasteiger partial charge in [-0.15, -0.1) is 0 Å². The molecule has 0 heterocycles. The molecule has 1 N–H and O–H groups in total. The number of hydrogen-bond donors (Lipinski definition) is 2. The van der Waals surface area contributed by atoms with E-state index in [1.807, 2.05) is 0 Å². The molecule has 0 amide bonds. The summed E-state index contributed by atoms with van der Waals surface area (Å²) in [5.41, 5.74) is 1.31. The Labute approximate surface area is 133 Å². The number of thiol groups is 1. The maximum Gasteiger partial charge on any atom is 0.264 e. The van der Waals surface area contributed by atoms with Crippen molar-refractivity contribution in [2.24, 2.45) is 0 Å². The molecule has 22 heavy (non-hydrogen) atoms. The van der Waals surface area contributed by atoms with E-state index in [1.165, 1.54) is 36.4 Å². The standard InChI is InChI=1S/C15H14FNO3S2/c1-10-2-7-15(13(16)8-10)22(19,20)17-12-5-3-11(4-6-12)14(18)9-21/h2-8,17,21H,9H2,1H3. The summed E-state index contributed by atoms with van der Waals surface area (Å²) >= 11 is 3.89. The van der Waals surface area contributed by atoms with Gasteiger partial charge in [0.25, 0.3) is 10.0 Å². The maximum absolute atomic E-state index is 13.8. The van der Waals surface area contributed by atoms with Crippen molar-refractivity contribution in [1.29, 1.82) is 0 Å². The first kappa shape index (κ1) is 16.5. The normalized spacial score (nSPS) is 11.2. The van der Waals surface area contributed by atoms with Gasteiger partial charge < -0.3 is 0 Å². The zero-order valence-corrected chi connectivity index (χ0v) is 13.4. The highest BCUT2D eigenvalue weighted by Gasteiger charge is 2.19. The van der Waals surface area contributed by atoms with Crippen molar-refractivity contribution in [2.45, 2.75) is 11.8 Å². The Morgan fingerprint density at radius 1 is 1.18 bits per heavy atom. The van der Waals surface area contributed by atoms with Crippen LogP contribution in [0.2, 0.25) is 0 Å². The fourth-order valence-corrected chi connectivity index (χ4v) is 3.15. The quantitative estimate of drug-likeness (QED) is 0.650. The molecule has 0 aliphatic carbocycles. The lowest BCUT2D eigenvalue weighted by atomic mass is 10.1. The van der Waals surface area contributed by atoms with E-state index < -0.39 is 20.7 Å². The number of carbonyl (C=O) groups is 1. The summed E-state index contributed by atoms with van der Waals surface area (Å²) in [4.78, 5) is 11.0. The van der Waals surface area contributed by atoms with Gasteiger partial charge in [0.1, 0.15) is 10.7 Å². The third-order valence-electron chi connectivity index (χ3n) is 2.98. The largest absolute Gasteiger partial charge is 0.293 e. The smallest absolute Gasteiger partial charge is 0.264 e. The van der Waals surface area contributed by atoms with Gasteiger partial charge in [-0.05, 0) is 48.9 Å². The van der Waals surface area contributed by atoms with Crippen LogP contribution in [0.3, 0.4) is 0 Å². The second-order valence-electron chi connectivity index (χ2n) is 4.70. The predicted molar refractivity (Wildman–Crippen MR) is 86.6 cm³/mol. The van der Waals surface area contributed by atoms with Gasteiger partial charge in [0.05, 0.1) is 5.75 Å². The molecule has 2 rings (SSSR count). The van der Waals surface area contributed by atoms with Gasteiger partial charge in [-0.2, -0.15) is 12.6 Å². The lowest BCUT2D eigenvalue weighted by molar-refractivity contribution is 0.102. The third-order valence-corrected chi connectivity index (χ3v) is 4.68. The third kappa shape index (κ3) is 3.66. The Balaban J connectivity index is 2.27. The van der Waals surface area contributed by atoms with Crippen LogP contribution in [0.25, 0.3) is 0 Å².